The van der Waals surface area contributed by atoms with E-state index in [1.54, 1.807) is 49.7 Å². The fourth-order valence-corrected chi connectivity index (χ4v) is 3.31. The highest BCUT2D eigenvalue weighted by Crippen LogP contribution is 2.33. The molecule has 6 heteroatoms. The molecule has 25 heavy (non-hydrogen) atoms. The molecular formula is C19H15ClN2O2S. The number of ether oxygens (including phenoxy) is 1. The Morgan fingerprint density at radius 1 is 1.08 bits per heavy atom. The molecule has 1 amide bonds. The number of carbonyl (C=O) groups excluding carboxylic acids is 1. The molecular weight excluding hydrogens is 356 g/mol. The molecule has 1 aromatic heterocycles. The van der Waals surface area contributed by atoms with Gasteiger partial charge in [0.15, 0.2) is 0 Å². The van der Waals surface area contributed by atoms with Gasteiger partial charge in [-0.25, -0.2) is 4.98 Å². The van der Waals surface area contributed by atoms with Crippen molar-refractivity contribution in [1.82, 2.24) is 4.98 Å². The standard InChI is InChI=1S/C19H15ClN2O2S/c1-24-14-10-8-13(9-11-14)22-18(23)15-5-4-12-21-19(15)25-17-7-3-2-6-16(17)20/h2-12H,1H3,(H,22,23). The number of rotatable bonds is 5. The number of carbonyl (C=O) groups is 1. The first-order valence-corrected chi connectivity index (χ1v) is 8.69. The monoisotopic (exact) mass is 370 g/mol. The van der Waals surface area contributed by atoms with Crippen LogP contribution in [-0.4, -0.2) is 18.0 Å². The summed E-state index contributed by atoms with van der Waals surface area (Å²) in [7, 11) is 1.60. The van der Waals surface area contributed by atoms with E-state index in [1.165, 1.54) is 11.8 Å². The Morgan fingerprint density at radius 2 is 1.84 bits per heavy atom. The highest BCUT2D eigenvalue weighted by molar-refractivity contribution is 7.99. The zero-order chi connectivity index (χ0) is 17.6. The van der Waals surface area contributed by atoms with E-state index in [4.69, 9.17) is 16.3 Å². The van der Waals surface area contributed by atoms with Gasteiger partial charge in [-0.2, -0.15) is 0 Å². The third kappa shape index (κ3) is 4.32. The average Bonchev–Trinajstić information content (AvgIpc) is 2.64. The van der Waals surface area contributed by atoms with E-state index >= 15 is 0 Å². The smallest absolute Gasteiger partial charge is 0.258 e. The van der Waals surface area contributed by atoms with Gasteiger partial charge in [-0.05, 0) is 48.5 Å². The molecule has 0 atom stereocenters. The van der Waals surface area contributed by atoms with E-state index in [1.807, 2.05) is 24.3 Å². The van der Waals surface area contributed by atoms with Crippen molar-refractivity contribution in [2.45, 2.75) is 9.92 Å². The summed E-state index contributed by atoms with van der Waals surface area (Å²) in [4.78, 5) is 17.8. The zero-order valence-corrected chi connectivity index (χ0v) is 15.0. The van der Waals surface area contributed by atoms with Gasteiger partial charge in [0.1, 0.15) is 10.8 Å². The quantitative estimate of drug-likeness (QED) is 0.675. The van der Waals surface area contributed by atoms with Gasteiger partial charge in [-0.15, -0.1) is 0 Å². The maximum absolute atomic E-state index is 12.6. The van der Waals surface area contributed by atoms with Crippen LogP contribution in [0, 0.1) is 0 Å². The van der Waals surface area contributed by atoms with Crippen LogP contribution in [0.4, 0.5) is 5.69 Å². The molecule has 0 unspecified atom stereocenters. The number of anilines is 1. The lowest BCUT2D eigenvalue weighted by molar-refractivity contribution is 0.102. The predicted molar refractivity (Wildman–Crippen MR) is 101 cm³/mol. The Balaban J connectivity index is 1.82. The van der Waals surface area contributed by atoms with Crippen LogP contribution < -0.4 is 10.1 Å². The number of halogens is 1. The number of pyridine rings is 1. The van der Waals surface area contributed by atoms with Crippen LogP contribution in [0.25, 0.3) is 0 Å². The minimum Gasteiger partial charge on any atom is -0.497 e. The summed E-state index contributed by atoms with van der Waals surface area (Å²) in [5.74, 6) is 0.502. The Hall–Kier alpha value is -2.50. The number of nitrogens with zero attached hydrogens (tertiary/aromatic N) is 1. The van der Waals surface area contributed by atoms with E-state index < -0.39 is 0 Å². The van der Waals surface area contributed by atoms with Gasteiger partial charge in [0.05, 0.1) is 17.7 Å². The van der Waals surface area contributed by atoms with E-state index in [9.17, 15) is 4.79 Å². The van der Waals surface area contributed by atoms with Crippen LogP contribution >= 0.6 is 23.4 Å². The van der Waals surface area contributed by atoms with E-state index in [0.29, 0.717) is 21.3 Å². The molecule has 3 aromatic rings. The fourth-order valence-electron chi connectivity index (χ4n) is 2.15. The third-order valence-electron chi connectivity index (χ3n) is 3.41. The van der Waals surface area contributed by atoms with Gasteiger partial charge >= 0.3 is 0 Å². The van der Waals surface area contributed by atoms with Crippen molar-refractivity contribution in [3.8, 4) is 5.75 Å². The summed E-state index contributed by atoms with van der Waals surface area (Å²) in [6.07, 6.45) is 1.66. The molecule has 1 heterocycles. The number of methoxy groups -OCH3 is 1. The number of benzene rings is 2. The molecule has 0 saturated carbocycles. The van der Waals surface area contributed by atoms with Crippen molar-refractivity contribution in [3.63, 3.8) is 0 Å². The second-order valence-corrected chi connectivity index (χ2v) is 6.51. The van der Waals surface area contributed by atoms with Gasteiger partial charge < -0.3 is 10.1 Å². The molecule has 0 aliphatic heterocycles. The molecule has 4 nitrogen and oxygen atoms in total. The largest absolute Gasteiger partial charge is 0.497 e. The first kappa shape index (κ1) is 17.3. The summed E-state index contributed by atoms with van der Waals surface area (Å²) < 4.78 is 5.12. The molecule has 0 spiro atoms. The van der Waals surface area contributed by atoms with Crippen molar-refractivity contribution in [2.24, 2.45) is 0 Å². The topological polar surface area (TPSA) is 51.2 Å². The molecule has 0 radical (unpaired) electrons. The predicted octanol–water partition coefficient (Wildman–Crippen LogP) is 5.15. The molecule has 3 rings (SSSR count). The first-order chi connectivity index (χ1) is 12.2. The van der Waals surface area contributed by atoms with E-state index in [2.05, 4.69) is 10.3 Å². The normalized spacial score (nSPS) is 10.3. The molecule has 0 fully saturated rings. The van der Waals surface area contributed by atoms with E-state index in [0.717, 1.165) is 10.6 Å². The van der Waals surface area contributed by atoms with Crippen LogP contribution in [0.3, 0.4) is 0 Å². The summed E-state index contributed by atoms with van der Waals surface area (Å²) >= 11 is 7.57. The number of hydrogen-bond acceptors (Lipinski definition) is 4. The van der Waals surface area contributed by atoms with Crippen molar-refractivity contribution in [1.29, 1.82) is 0 Å². The number of hydrogen-bond donors (Lipinski definition) is 1. The summed E-state index contributed by atoms with van der Waals surface area (Å²) in [5.41, 5.74) is 1.17. The fraction of sp³-hybridized carbons (Fsp3) is 0.0526. The molecule has 2 aromatic carbocycles. The number of aromatic nitrogens is 1. The van der Waals surface area contributed by atoms with Crippen LogP contribution in [0.1, 0.15) is 10.4 Å². The Labute approximate surface area is 155 Å². The molecule has 0 bridgehead atoms. The van der Waals surface area contributed by atoms with Gasteiger partial charge in [0.25, 0.3) is 5.91 Å². The van der Waals surface area contributed by atoms with Crippen LogP contribution in [-0.2, 0) is 0 Å². The maximum atomic E-state index is 12.6. The second-order valence-electron chi connectivity index (χ2n) is 5.07. The maximum Gasteiger partial charge on any atom is 0.258 e. The molecule has 0 aliphatic carbocycles. The Bertz CT molecular complexity index is 885. The van der Waals surface area contributed by atoms with Gasteiger partial charge in [-0.3, -0.25) is 4.79 Å². The molecule has 1 N–H and O–H groups in total. The van der Waals surface area contributed by atoms with Crippen molar-refractivity contribution in [3.05, 3.63) is 77.4 Å². The minimum atomic E-state index is -0.229. The lowest BCUT2D eigenvalue weighted by atomic mass is 10.2. The molecule has 126 valence electrons. The average molecular weight is 371 g/mol. The van der Waals surface area contributed by atoms with Crippen molar-refractivity contribution < 1.29 is 9.53 Å². The summed E-state index contributed by atoms with van der Waals surface area (Å²) in [6, 6.07) is 18.1. The first-order valence-electron chi connectivity index (χ1n) is 7.50. The van der Waals surface area contributed by atoms with Crippen molar-refractivity contribution >= 4 is 35.0 Å². The molecule has 0 aliphatic rings. The minimum absolute atomic E-state index is 0.229. The highest BCUT2D eigenvalue weighted by atomic mass is 35.5. The van der Waals surface area contributed by atoms with Crippen LogP contribution in [0.2, 0.25) is 5.02 Å². The second kappa shape index (κ2) is 8.05. The Kier molecular flexibility index (Phi) is 5.58. The third-order valence-corrected chi connectivity index (χ3v) is 4.94. The lowest BCUT2D eigenvalue weighted by Crippen LogP contribution is -2.13. The van der Waals surface area contributed by atoms with Gasteiger partial charge in [0.2, 0.25) is 0 Å². The lowest BCUT2D eigenvalue weighted by Gasteiger charge is -2.10. The number of nitrogens with one attached hydrogen (secondary N) is 1. The Morgan fingerprint density at radius 3 is 2.56 bits per heavy atom. The van der Waals surface area contributed by atoms with Crippen molar-refractivity contribution in [2.75, 3.05) is 12.4 Å². The SMILES string of the molecule is COc1ccc(NC(=O)c2cccnc2Sc2ccccc2Cl)cc1. The zero-order valence-electron chi connectivity index (χ0n) is 13.4. The van der Waals surface area contributed by atoms with Gasteiger partial charge in [0, 0.05) is 16.8 Å². The van der Waals surface area contributed by atoms with E-state index in [-0.39, 0.29) is 5.91 Å². The summed E-state index contributed by atoms with van der Waals surface area (Å²) in [5, 5.41) is 4.09. The highest BCUT2D eigenvalue weighted by Gasteiger charge is 2.14. The molecule has 0 saturated heterocycles. The van der Waals surface area contributed by atoms with Crippen LogP contribution in [0.15, 0.2) is 76.8 Å². The van der Waals surface area contributed by atoms with Gasteiger partial charge in [-0.1, -0.05) is 35.5 Å². The number of amides is 1. The summed E-state index contributed by atoms with van der Waals surface area (Å²) in [6.45, 7) is 0. The van der Waals surface area contributed by atoms with Crippen LogP contribution in [0.5, 0.6) is 5.75 Å².